The van der Waals surface area contributed by atoms with Crippen LogP contribution in [0.3, 0.4) is 0 Å². The fourth-order valence-electron chi connectivity index (χ4n) is 1.99. The molecule has 1 aromatic heterocycles. The van der Waals surface area contributed by atoms with Crippen LogP contribution in [0.2, 0.25) is 0 Å². The van der Waals surface area contributed by atoms with Crippen LogP contribution in [0.15, 0.2) is 42.7 Å². The number of hydrogen-bond donors (Lipinski definition) is 1. The number of nitrogens with two attached hydrogens (primary N) is 1. The molecule has 1 heterocycles. The molecule has 3 nitrogen and oxygen atoms in total. The number of nitrogens with zero attached hydrogens (tertiary/aromatic N) is 1. The Bertz CT molecular complexity index is 604. The minimum Gasteiger partial charge on any atom is -0.389 e. The lowest BCUT2D eigenvalue weighted by atomic mass is 10.1. The average Bonchev–Trinajstić information content (AvgIpc) is 2.47. The van der Waals surface area contributed by atoms with Crippen LogP contribution in [0.25, 0.3) is 0 Å². The molecule has 0 bridgehead atoms. The summed E-state index contributed by atoms with van der Waals surface area (Å²) in [5.74, 6) is -0.351. The van der Waals surface area contributed by atoms with Gasteiger partial charge in [-0.1, -0.05) is 12.2 Å². The zero-order valence-corrected chi connectivity index (χ0v) is 12.4. The van der Waals surface area contributed by atoms with Crippen molar-refractivity contribution in [3.8, 4) is 0 Å². The highest BCUT2D eigenvalue weighted by molar-refractivity contribution is 7.80. The van der Waals surface area contributed by atoms with E-state index in [0.717, 1.165) is 18.4 Å². The first-order valence-electron chi connectivity index (χ1n) is 6.71. The van der Waals surface area contributed by atoms with Gasteiger partial charge in [0.05, 0.1) is 6.61 Å². The molecule has 0 saturated heterocycles. The Balaban J connectivity index is 1.77. The quantitative estimate of drug-likeness (QED) is 0.631. The lowest BCUT2D eigenvalue weighted by molar-refractivity contribution is 0.118. The van der Waals surface area contributed by atoms with E-state index < -0.39 is 0 Å². The number of pyridine rings is 1. The summed E-state index contributed by atoms with van der Waals surface area (Å²) in [7, 11) is 0. The van der Waals surface area contributed by atoms with Gasteiger partial charge in [0, 0.05) is 24.6 Å². The van der Waals surface area contributed by atoms with E-state index in [1.807, 2.05) is 12.1 Å². The molecule has 0 aliphatic heterocycles. The van der Waals surface area contributed by atoms with E-state index in [1.54, 1.807) is 18.5 Å². The van der Waals surface area contributed by atoms with Gasteiger partial charge in [-0.3, -0.25) is 4.98 Å². The molecule has 0 atom stereocenters. The number of hydrogen-bond acceptors (Lipinski definition) is 3. The summed E-state index contributed by atoms with van der Waals surface area (Å²) in [5.41, 5.74) is 8.01. The smallest absolute Gasteiger partial charge is 0.124 e. The summed E-state index contributed by atoms with van der Waals surface area (Å²) in [6.45, 7) is 0.963. The minimum atomic E-state index is -0.351. The van der Waals surface area contributed by atoms with Crippen molar-refractivity contribution in [2.24, 2.45) is 5.73 Å². The van der Waals surface area contributed by atoms with Crippen molar-refractivity contribution < 1.29 is 9.13 Å². The number of aryl methyl sites for hydroxylation is 1. The Labute approximate surface area is 129 Å². The van der Waals surface area contributed by atoms with Crippen LogP contribution < -0.4 is 5.73 Å². The van der Waals surface area contributed by atoms with E-state index in [1.165, 1.54) is 17.7 Å². The van der Waals surface area contributed by atoms with Crippen molar-refractivity contribution in [3.05, 3.63) is 65.2 Å². The van der Waals surface area contributed by atoms with Gasteiger partial charge < -0.3 is 10.5 Å². The Morgan fingerprint density at radius 1 is 1.19 bits per heavy atom. The first-order chi connectivity index (χ1) is 10.1. The van der Waals surface area contributed by atoms with Crippen molar-refractivity contribution in [1.82, 2.24) is 4.98 Å². The number of halogens is 1. The molecule has 0 aliphatic rings. The van der Waals surface area contributed by atoms with Gasteiger partial charge in [-0.15, -0.1) is 0 Å². The Morgan fingerprint density at radius 3 is 2.67 bits per heavy atom. The zero-order valence-electron chi connectivity index (χ0n) is 11.6. The minimum absolute atomic E-state index is 0.188. The van der Waals surface area contributed by atoms with Crippen LogP contribution in [-0.2, 0) is 17.8 Å². The summed E-state index contributed by atoms with van der Waals surface area (Å²) < 4.78 is 19.0. The van der Waals surface area contributed by atoms with Gasteiger partial charge in [-0.25, -0.2) is 4.39 Å². The molecule has 0 radical (unpaired) electrons. The Morgan fingerprint density at radius 2 is 1.95 bits per heavy atom. The predicted octanol–water partition coefficient (Wildman–Crippen LogP) is 3.00. The largest absolute Gasteiger partial charge is 0.389 e. The first kappa shape index (κ1) is 15.5. The van der Waals surface area contributed by atoms with E-state index >= 15 is 0 Å². The maximum absolute atomic E-state index is 13.4. The highest BCUT2D eigenvalue weighted by Gasteiger charge is 2.03. The summed E-state index contributed by atoms with van der Waals surface area (Å²) in [6.07, 6.45) is 5.39. The molecular formula is C16H17FN2OS. The van der Waals surface area contributed by atoms with Crippen molar-refractivity contribution in [1.29, 1.82) is 0 Å². The van der Waals surface area contributed by atoms with Crippen molar-refractivity contribution >= 4 is 17.2 Å². The SMILES string of the molecule is NC(=S)c1cc(F)cc(COCCCc2ccncc2)c1. The van der Waals surface area contributed by atoms with Crippen molar-refractivity contribution in [2.45, 2.75) is 19.4 Å². The number of benzene rings is 1. The molecule has 0 saturated carbocycles. The maximum Gasteiger partial charge on any atom is 0.124 e. The molecule has 2 aromatic rings. The van der Waals surface area contributed by atoms with Crippen LogP contribution in [-0.4, -0.2) is 16.6 Å². The van der Waals surface area contributed by atoms with Crippen molar-refractivity contribution in [2.75, 3.05) is 6.61 Å². The van der Waals surface area contributed by atoms with Crippen LogP contribution in [0.5, 0.6) is 0 Å². The molecule has 0 fully saturated rings. The molecule has 0 spiro atoms. The van der Waals surface area contributed by atoms with Gasteiger partial charge >= 0.3 is 0 Å². The molecule has 0 amide bonds. The molecule has 0 aliphatic carbocycles. The van der Waals surface area contributed by atoms with Gasteiger partial charge in [-0.2, -0.15) is 0 Å². The third kappa shape index (κ3) is 5.21. The third-order valence-corrected chi connectivity index (χ3v) is 3.25. The number of ether oxygens (including phenoxy) is 1. The zero-order chi connectivity index (χ0) is 15.1. The third-order valence-electron chi connectivity index (χ3n) is 3.01. The maximum atomic E-state index is 13.4. The van der Waals surface area contributed by atoms with E-state index in [4.69, 9.17) is 22.7 Å². The molecule has 5 heteroatoms. The second-order valence-electron chi connectivity index (χ2n) is 4.72. The molecule has 21 heavy (non-hydrogen) atoms. The first-order valence-corrected chi connectivity index (χ1v) is 7.12. The fraction of sp³-hybridized carbons (Fsp3) is 0.250. The van der Waals surface area contributed by atoms with Gasteiger partial charge in [-0.05, 0) is 54.3 Å². The van der Waals surface area contributed by atoms with Crippen LogP contribution in [0.1, 0.15) is 23.1 Å². The second-order valence-corrected chi connectivity index (χ2v) is 5.16. The van der Waals surface area contributed by atoms with E-state index in [9.17, 15) is 4.39 Å². The predicted molar refractivity (Wildman–Crippen MR) is 84.5 cm³/mol. The van der Waals surface area contributed by atoms with Gasteiger partial charge in [0.2, 0.25) is 0 Å². The molecule has 0 unspecified atom stereocenters. The topological polar surface area (TPSA) is 48.1 Å². The average molecular weight is 304 g/mol. The molecule has 110 valence electrons. The van der Waals surface area contributed by atoms with Crippen molar-refractivity contribution in [3.63, 3.8) is 0 Å². The fourth-order valence-corrected chi connectivity index (χ4v) is 2.11. The summed E-state index contributed by atoms with van der Waals surface area (Å²) in [5, 5.41) is 0. The highest BCUT2D eigenvalue weighted by Crippen LogP contribution is 2.11. The molecule has 2 N–H and O–H groups in total. The van der Waals surface area contributed by atoms with E-state index in [0.29, 0.717) is 18.8 Å². The Hall–Kier alpha value is -1.85. The van der Waals surface area contributed by atoms with Crippen LogP contribution in [0, 0.1) is 5.82 Å². The summed E-state index contributed by atoms with van der Waals surface area (Å²) in [6, 6.07) is 8.50. The Kier molecular flexibility index (Phi) is 5.78. The van der Waals surface area contributed by atoms with Gasteiger partial charge in [0.15, 0.2) is 0 Å². The second kappa shape index (κ2) is 7.81. The number of aromatic nitrogens is 1. The van der Waals surface area contributed by atoms with Crippen LogP contribution >= 0.6 is 12.2 Å². The molecular weight excluding hydrogens is 287 g/mol. The lowest BCUT2D eigenvalue weighted by Gasteiger charge is -2.07. The van der Waals surface area contributed by atoms with Crippen LogP contribution in [0.4, 0.5) is 4.39 Å². The summed E-state index contributed by atoms with van der Waals surface area (Å²) >= 11 is 4.85. The van der Waals surface area contributed by atoms with E-state index in [2.05, 4.69) is 4.98 Å². The van der Waals surface area contributed by atoms with E-state index in [-0.39, 0.29) is 10.8 Å². The monoisotopic (exact) mass is 304 g/mol. The number of thiocarbonyl (C=S) groups is 1. The standard InChI is InChI=1S/C16H17FN2OS/c17-15-9-13(8-14(10-15)16(18)21)11-20-7-1-2-12-3-5-19-6-4-12/h3-6,8-10H,1-2,7,11H2,(H2,18,21). The molecule has 1 aromatic carbocycles. The normalized spacial score (nSPS) is 10.5. The number of rotatable bonds is 7. The highest BCUT2D eigenvalue weighted by atomic mass is 32.1. The molecule has 2 rings (SSSR count). The van der Waals surface area contributed by atoms with Gasteiger partial charge in [0.25, 0.3) is 0 Å². The lowest BCUT2D eigenvalue weighted by Crippen LogP contribution is -2.10. The van der Waals surface area contributed by atoms with Gasteiger partial charge in [0.1, 0.15) is 10.8 Å². The summed E-state index contributed by atoms with van der Waals surface area (Å²) in [4.78, 5) is 4.16.